The Labute approximate surface area is 108 Å². The van der Waals surface area contributed by atoms with Gasteiger partial charge in [0, 0.05) is 30.0 Å². The first-order chi connectivity index (χ1) is 8.11. The number of alkyl halides is 1. The van der Waals surface area contributed by atoms with Crippen molar-refractivity contribution in [2.45, 2.75) is 45.5 Å². The number of nitrogens with zero attached hydrogens (tertiary/aromatic N) is 3. The summed E-state index contributed by atoms with van der Waals surface area (Å²) < 4.78 is 0. The predicted molar refractivity (Wildman–Crippen MR) is 71.5 cm³/mol. The van der Waals surface area contributed by atoms with Crippen LogP contribution < -0.4 is 4.90 Å². The standard InChI is InChI=1S/C13H20ClN3/c1-9-4-5-17(10(2)6-9)13-15-8-12(7-14)11(3)16-13/h8-10H,4-7H2,1-3H3. The second-order valence-electron chi connectivity index (χ2n) is 5.09. The number of piperidine rings is 1. The Morgan fingerprint density at radius 2 is 2.24 bits per heavy atom. The van der Waals surface area contributed by atoms with E-state index < -0.39 is 0 Å². The van der Waals surface area contributed by atoms with Crippen molar-refractivity contribution < 1.29 is 0 Å². The van der Waals surface area contributed by atoms with Gasteiger partial charge < -0.3 is 4.90 Å². The minimum Gasteiger partial charge on any atom is -0.338 e. The number of rotatable bonds is 2. The van der Waals surface area contributed by atoms with Crippen LogP contribution in [0.25, 0.3) is 0 Å². The van der Waals surface area contributed by atoms with E-state index in [9.17, 15) is 0 Å². The molecular weight excluding hydrogens is 234 g/mol. The number of hydrogen-bond donors (Lipinski definition) is 0. The summed E-state index contributed by atoms with van der Waals surface area (Å²) in [5.41, 5.74) is 2.02. The van der Waals surface area contributed by atoms with E-state index in [1.807, 2.05) is 13.1 Å². The average Bonchev–Trinajstić information content (AvgIpc) is 2.29. The van der Waals surface area contributed by atoms with Crippen LogP contribution >= 0.6 is 11.6 Å². The Bertz CT molecular complexity index is 394. The van der Waals surface area contributed by atoms with Crippen LogP contribution in [0.5, 0.6) is 0 Å². The number of hydrogen-bond acceptors (Lipinski definition) is 3. The van der Waals surface area contributed by atoms with E-state index >= 15 is 0 Å². The van der Waals surface area contributed by atoms with Crippen molar-refractivity contribution in [3.8, 4) is 0 Å². The van der Waals surface area contributed by atoms with E-state index in [1.165, 1.54) is 12.8 Å². The van der Waals surface area contributed by atoms with Crippen molar-refractivity contribution in [2.24, 2.45) is 5.92 Å². The third-order valence-electron chi connectivity index (χ3n) is 3.61. The summed E-state index contributed by atoms with van der Waals surface area (Å²) in [6.07, 6.45) is 4.30. The van der Waals surface area contributed by atoms with E-state index in [0.717, 1.165) is 29.7 Å². The van der Waals surface area contributed by atoms with Crippen molar-refractivity contribution in [3.05, 3.63) is 17.5 Å². The molecule has 2 rings (SSSR count). The number of halogens is 1. The highest BCUT2D eigenvalue weighted by Gasteiger charge is 2.24. The Morgan fingerprint density at radius 1 is 1.47 bits per heavy atom. The van der Waals surface area contributed by atoms with Gasteiger partial charge in [-0.3, -0.25) is 0 Å². The van der Waals surface area contributed by atoms with Crippen molar-refractivity contribution >= 4 is 17.5 Å². The molecule has 1 saturated heterocycles. The predicted octanol–water partition coefficient (Wildman–Crippen LogP) is 3.15. The lowest BCUT2D eigenvalue weighted by Crippen LogP contribution is -2.41. The molecule has 2 heterocycles. The maximum atomic E-state index is 5.82. The monoisotopic (exact) mass is 253 g/mol. The van der Waals surface area contributed by atoms with Gasteiger partial charge in [-0.2, -0.15) is 0 Å². The quantitative estimate of drug-likeness (QED) is 0.759. The summed E-state index contributed by atoms with van der Waals surface area (Å²) in [6, 6.07) is 0.528. The first kappa shape index (κ1) is 12.6. The fourth-order valence-corrected chi connectivity index (χ4v) is 2.72. The highest BCUT2D eigenvalue weighted by Crippen LogP contribution is 2.25. The Morgan fingerprint density at radius 3 is 2.82 bits per heavy atom. The van der Waals surface area contributed by atoms with Crippen molar-refractivity contribution in [1.29, 1.82) is 0 Å². The van der Waals surface area contributed by atoms with E-state index in [-0.39, 0.29) is 0 Å². The fourth-order valence-electron chi connectivity index (χ4n) is 2.45. The van der Waals surface area contributed by atoms with Crippen LogP contribution in [0.3, 0.4) is 0 Å². The zero-order valence-corrected chi connectivity index (χ0v) is 11.5. The van der Waals surface area contributed by atoms with E-state index in [1.54, 1.807) is 0 Å². The van der Waals surface area contributed by atoms with Gasteiger partial charge in [0.15, 0.2) is 0 Å². The van der Waals surface area contributed by atoms with E-state index in [2.05, 4.69) is 28.7 Å². The van der Waals surface area contributed by atoms with Gasteiger partial charge >= 0.3 is 0 Å². The molecule has 4 heteroatoms. The third kappa shape index (κ3) is 2.71. The smallest absolute Gasteiger partial charge is 0.225 e. The molecule has 0 aromatic carbocycles. The lowest BCUT2D eigenvalue weighted by atomic mass is 9.94. The molecule has 0 spiro atoms. The largest absolute Gasteiger partial charge is 0.338 e. The van der Waals surface area contributed by atoms with E-state index in [4.69, 9.17) is 11.6 Å². The zero-order chi connectivity index (χ0) is 12.4. The Balaban J connectivity index is 2.19. The molecule has 0 bridgehead atoms. The van der Waals surface area contributed by atoms with Crippen molar-refractivity contribution in [1.82, 2.24) is 9.97 Å². The molecule has 1 aromatic heterocycles. The average molecular weight is 254 g/mol. The molecule has 1 aromatic rings. The van der Waals surface area contributed by atoms with Crippen LogP contribution in [0.2, 0.25) is 0 Å². The minimum absolute atomic E-state index is 0.485. The first-order valence-electron chi connectivity index (χ1n) is 6.27. The number of aryl methyl sites for hydroxylation is 1. The van der Waals surface area contributed by atoms with Crippen molar-refractivity contribution in [3.63, 3.8) is 0 Å². The highest BCUT2D eigenvalue weighted by atomic mass is 35.5. The Kier molecular flexibility index (Phi) is 3.87. The summed E-state index contributed by atoms with van der Waals surface area (Å²) in [7, 11) is 0. The molecule has 3 nitrogen and oxygen atoms in total. The van der Waals surface area contributed by atoms with Crippen LogP contribution in [-0.4, -0.2) is 22.6 Å². The van der Waals surface area contributed by atoms with Gasteiger partial charge in [-0.1, -0.05) is 6.92 Å². The van der Waals surface area contributed by atoms with Gasteiger partial charge in [-0.05, 0) is 32.6 Å². The normalized spacial score (nSPS) is 25.1. The lowest BCUT2D eigenvalue weighted by molar-refractivity contribution is 0.373. The van der Waals surface area contributed by atoms with Gasteiger partial charge in [-0.15, -0.1) is 11.6 Å². The molecule has 2 unspecified atom stereocenters. The topological polar surface area (TPSA) is 29.0 Å². The zero-order valence-electron chi connectivity index (χ0n) is 10.8. The number of anilines is 1. The fraction of sp³-hybridized carbons (Fsp3) is 0.692. The SMILES string of the molecule is Cc1nc(N2CCC(C)CC2C)ncc1CCl. The Hall–Kier alpha value is -0.830. The van der Waals surface area contributed by atoms with Gasteiger partial charge in [0.25, 0.3) is 0 Å². The third-order valence-corrected chi connectivity index (χ3v) is 3.90. The maximum Gasteiger partial charge on any atom is 0.225 e. The molecule has 94 valence electrons. The minimum atomic E-state index is 0.485. The van der Waals surface area contributed by atoms with E-state index in [0.29, 0.717) is 11.9 Å². The molecule has 0 radical (unpaired) electrons. The van der Waals surface area contributed by atoms with Gasteiger partial charge in [0.05, 0.1) is 5.88 Å². The molecule has 0 aliphatic carbocycles. The van der Waals surface area contributed by atoms with Gasteiger partial charge in [0.2, 0.25) is 5.95 Å². The molecule has 1 aliphatic heterocycles. The summed E-state index contributed by atoms with van der Waals surface area (Å²) in [4.78, 5) is 11.3. The molecule has 1 aliphatic rings. The molecule has 17 heavy (non-hydrogen) atoms. The second kappa shape index (κ2) is 5.21. The van der Waals surface area contributed by atoms with Crippen molar-refractivity contribution in [2.75, 3.05) is 11.4 Å². The lowest BCUT2D eigenvalue weighted by Gasteiger charge is -2.36. The molecule has 2 atom stereocenters. The number of aromatic nitrogens is 2. The molecular formula is C13H20ClN3. The first-order valence-corrected chi connectivity index (χ1v) is 6.80. The molecule has 0 saturated carbocycles. The summed E-state index contributed by atoms with van der Waals surface area (Å²) in [5, 5.41) is 0. The molecule has 0 N–H and O–H groups in total. The van der Waals surface area contributed by atoms with Gasteiger partial charge in [0.1, 0.15) is 0 Å². The maximum absolute atomic E-state index is 5.82. The van der Waals surface area contributed by atoms with Crippen LogP contribution in [0.4, 0.5) is 5.95 Å². The summed E-state index contributed by atoms with van der Waals surface area (Å²) in [6.45, 7) is 7.63. The highest BCUT2D eigenvalue weighted by molar-refractivity contribution is 6.17. The molecule has 1 fully saturated rings. The van der Waals surface area contributed by atoms with Crippen LogP contribution in [0.15, 0.2) is 6.20 Å². The van der Waals surface area contributed by atoms with Crippen LogP contribution in [0, 0.1) is 12.8 Å². The summed E-state index contributed by atoms with van der Waals surface area (Å²) >= 11 is 5.82. The van der Waals surface area contributed by atoms with Crippen LogP contribution in [-0.2, 0) is 5.88 Å². The van der Waals surface area contributed by atoms with Gasteiger partial charge in [-0.25, -0.2) is 9.97 Å². The second-order valence-corrected chi connectivity index (χ2v) is 5.35. The molecule has 0 amide bonds. The van der Waals surface area contributed by atoms with Crippen LogP contribution in [0.1, 0.15) is 37.9 Å². The summed E-state index contributed by atoms with van der Waals surface area (Å²) in [5.74, 6) is 2.15.